The minimum absolute atomic E-state index is 0.00103. The Bertz CT molecular complexity index is 1640. The van der Waals surface area contributed by atoms with Crippen molar-refractivity contribution in [3.63, 3.8) is 0 Å². The molecule has 2 fully saturated rings. The van der Waals surface area contributed by atoms with Crippen LogP contribution in [0.2, 0.25) is 0 Å². The summed E-state index contributed by atoms with van der Waals surface area (Å²) in [6, 6.07) is 3.71. The van der Waals surface area contributed by atoms with Gasteiger partial charge in [-0.2, -0.15) is 0 Å². The van der Waals surface area contributed by atoms with E-state index in [9.17, 15) is 44.7 Å². The lowest BCUT2D eigenvalue weighted by Gasteiger charge is -2.46. The Labute approximate surface area is 301 Å². The Balaban J connectivity index is 1.41. The third-order valence-electron chi connectivity index (χ3n) is 10.4. The molecule has 3 aliphatic carbocycles. The number of methoxy groups -OCH3 is 1. The summed E-state index contributed by atoms with van der Waals surface area (Å²) >= 11 is 0. The van der Waals surface area contributed by atoms with Crippen LogP contribution in [0.1, 0.15) is 87.4 Å². The number of nitrogens with two attached hydrogens (primary N) is 1. The highest BCUT2D eigenvalue weighted by Gasteiger charge is 2.56. The summed E-state index contributed by atoms with van der Waals surface area (Å²) < 4.78 is 29.9. The Morgan fingerprint density at radius 1 is 1.08 bits per heavy atom. The molecule has 12 atom stereocenters. The minimum Gasteiger partial charge on any atom is -0.511 e. The number of hydrogen-bond donors (Lipinski definition) is 6. The Morgan fingerprint density at radius 3 is 2.35 bits per heavy atom. The number of allylic oxidation sites excluding steroid dienone is 2. The fraction of sp³-hybridized carbons (Fsp3) is 0.622. The first-order chi connectivity index (χ1) is 24.4. The quantitative estimate of drug-likeness (QED) is 0.159. The van der Waals surface area contributed by atoms with Gasteiger partial charge in [0, 0.05) is 54.9 Å². The molecule has 4 aliphatic rings. The van der Waals surface area contributed by atoms with Gasteiger partial charge < -0.3 is 55.0 Å². The molecule has 1 aliphatic heterocycles. The zero-order valence-electron chi connectivity index (χ0n) is 30.1. The first-order valence-corrected chi connectivity index (χ1v) is 17.5. The van der Waals surface area contributed by atoms with E-state index in [1.807, 2.05) is 0 Å². The van der Waals surface area contributed by atoms with Crippen LogP contribution in [0.4, 0.5) is 0 Å². The molecule has 1 heterocycles. The molecule has 286 valence electrons. The van der Waals surface area contributed by atoms with E-state index >= 15 is 0 Å². The van der Waals surface area contributed by atoms with E-state index in [-0.39, 0.29) is 59.5 Å². The van der Waals surface area contributed by atoms with E-state index in [1.165, 1.54) is 46.1 Å². The van der Waals surface area contributed by atoms with Gasteiger partial charge in [-0.3, -0.25) is 19.2 Å². The average molecular weight is 732 g/mol. The van der Waals surface area contributed by atoms with Crippen molar-refractivity contribution < 1.29 is 68.4 Å². The predicted molar refractivity (Wildman–Crippen MR) is 181 cm³/mol. The molecule has 1 aromatic carbocycles. The van der Waals surface area contributed by atoms with Crippen LogP contribution in [0, 0.1) is 11.8 Å². The van der Waals surface area contributed by atoms with Gasteiger partial charge in [-0.05, 0) is 40.7 Å². The molecule has 0 amide bonds. The van der Waals surface area contributed by atoms with Crippen LogP contribution in [-0.2, 0) is 28.5 Å². The molecule has 0 spiro atoms. The Morgan fingerprint density at radius 2 is 1.75 bits per heavy atom. The third kappa shape index (κ3) is 7.59. The third-order valence-corrected chi connectivity index (χ3v) is 10.4. The molecule has 0 aromatic heterocycles. The van der Waals surface area contributed by atoms with Crippen LogP contribution in [-0.4, -0.2) is 117 Å². The first kappa shape index (κ1) is 39.7. The lowest BCUT2D eigenvalue weighted by molar-refractivity contribution is -0.284. The van der Waals surface area contributed by atoms with Crippen molar-refractivity contribution in [2.24, 2.45) is 17.6 Å². The number of benzene rings is 1. The van der Waals surface area contributed by atoms with Gasteiger partial charge in [0.05, 0.1) is 55.0 Å². The maximum atomic E-state index is 14.0. The average Bonchev–Trinajstić information content (AvgIpc) is 3.05. The highest BCUT2D eigenvalue weighted by Crippen LogP contribution is 2.51. The van der Waals surface area contributed by atoms with E-state index in [0.717, 1.165) is 0 Å². The SMILES string of the molecule is COc1cccc2c1C(=O)C1C(O)=C3C(=C(O)C1C2=O)C[C@@](O)(C(C)=O)C[C@@H]3OC1CC(N)C(OC(CC(C)O)OC(C)C(O)CC(C)=O)C(C)O1. The van der Waals surface area contributed by atoms with Gasteiger partial charge in [0.1, 0.15) is 34.8 Å². The molecule has 0 radical (unpaired) electrons. The summed E-state index contributed by atoms with van der Waals surface area (Å²) in [7, 11) is 1.34. The van der Waals surface area contributed by atoms with Crippen molar-refractivity contribution in [2.75, 3.05) is 7.11 Å². The van der Waals surface area contributed by atoms with Gasteiger partial charge in [-0.15, -0.1) is 0 Å². The second-order valence-electron chi connectivity index (χ2n) is 14.4. The second kappa shape index (κ2) is 15.4. The van der Waals surface area contributed by atoms with Gasteiger partial charge in [0.15, 0.2) is 29.9 Å². The molecule has 52 heavy (non-hydrogen) atoms. The largest absolute Gasteiger partial charge is 0.511 e. The highest BCUT2D eigenvalue weighted by molar-refractivity contribution is 6.19. The maximum Gasteiger partial charge on any atom is 0.179 e. The van der Waals surface area contributed by atoms with Gasteiger partial charge in [0.2, 0.25) is 0 Å². The zero-order chi connectivity index (χ0) is 38.4. The number of aliphatic hydroxyl groups excluding tert-OH is 4. The number of aliphatic hydroxyl groups is 5. The zero-order valence-corrected chi connectivity index (χ0v) is 30.1. The van der Waals surface area contributed by atoms with E-state index < -0.39 is 108 Å². The molecule has 10 unspecified atom stereocenters. The lowest BCUT2D eigenvalue weighted by atomic mass is 9.63. The van der Waals surface area contributed by atoms with Crippen LogP contribution in [0.5, 0.6) is 5.75 Å². The summed E-state index contributed by atoms with van der Waals surface area (Å²) in [5.41, 5.74) is 4.39. The van der Waals surface area contributed by atoms with Crippen molar-refractivity contribution in [1.82, 2.24) is 0 Å². The Hall–Kier alpha value is -3.54. The molecule has 7 N–H and O–H groups in total. The smallest absolute Gasteiger partial charge is 0.179 e. The molecule has 0 bridgehead atoms. The maximum absolute atomic E-state index is 14.0. The lowest BCUT2D eigenvalue weighted by Crippen LogP contribution is -2.56. The van der Waals surface area contributed by atoms with E-state index in [4.69, 9.17) is 29.4 Å². The van der Waals surface area contributed by atoms with E-state index in [2.05, 4.69) is 0 Å². The number of hydrogen-bond acceptors (Lipinski definition) is 15. The summed E-state index contributed by atoms with van der Waals surface area (Å²) in [5, 5.41) is 55.4. The van der Waals surface area contributed by atoms with Crippen LogP contribution >= 0.6 is 0 Å². The van der Waals surface area contributed by atoms with E-state index in [1.54, 1.807) is 13.8 Å². The van der Waals surface area contributed by atoms with Crippen molar-refractivity contribution >= 4 is 23.1 Å². The normalized spacial score (nSPS) is 32.7. The van der Waals surface area contributed by atoms with Crippen molar-refractivity contribution in [3.8, 4) is 5.75 Å². The molecule has 1 saturated heterocycles. The fourth-order valence-electron chi connectivity index (χ4n) is 7.65. The van der Waals surface area contributed by atoms with Crippen LogP contribution < -0.4 is 10.5 Å². The fourth-order valence-corrected chi connectivity index (χ4v) is 7.65. The first-order valence-electron chi connectivity index (χ1n) is 17.5. The van der Waals surface area contributed by atoms with E-state index in [0.29, 0.717) is 0 Å². The molecule has 1 saturated carbocycles. The van der Waals surface area contributed by atoms with Crippen molar-refractivity contribution in [3.05, 3.63) is 52.0 Å². The standard InChI is InChI=1S/C37H49NO14/c1-15(39)10-23(42)17(3)49-26(11-16(2)40)52-36-18(4)50-27(12-22(36)38)51-25-14-37(47,19(5)41)13-21-29(25)35(46)31-30(33(21)44)32(43)20-8-7-9-24(48-6)28(20)34(31)45/h7-9,16-18,22-23,25-27,30-31,36,40,42,44,46-47H,10-14,38H2,1-6H3/t16?,17?,18?,22?,23?,25-,26?,27?,30?,31?,36?,37-/m0/s1. The number of carbonyl (C=O) groups excluding carboxylic acids is 4. The van der Waals surface area contributed by atoms with Crippen LogP contribution in [0.15, 0.2) is 40.9 Å². The highest BCUT2D eigenvalue weighted by atomic mass is 16.7. The summed E-state index contributed by atoms with van der Waals surface area (Å²) in [6.07, 6.45) is -8.67. The number of Topliss-reactive ketones (excluding diaryl/α,β-unsaturated/α-hetero) is 4. The Kier molecular flexibility index (Phi) is 11.8. The van der Waals surface area contributed by atoms with Crippen LogP contribution in [0.3, 0.4) is 0 Å². The topological polar surface area (TPSA) is 242 Å². The summed E-state index contributed by atoms with van der Waals surface area (Å²) in [6.45, 7) is 7.30. The number of rotatable bonds is 13. The minimum atomic E-state index is -2.06. The molecular formula is C37H49NO14. The van der Waals surface area contributed by atoms with Crippen molar-refractivity contribution in [2.45, 2.75) is 128 Å². The summed E-state index contributed by atoms with van der Waals surface area (Å²) in [4.78, 5) is 52.0. The van der Waals surface area contributed by atoms with Gasteiger partial charge in [0.25, 0.3) is 0 Å². The number of carbonyl (C=O) groups is 4. The van der Waals surface area contributed by atoms with Gasteiger partial charge in [-0.25, -0.2) is 0 Å². The molecule has 1 aromatic rings. The number of ketones is 4. The van der Waals surface area contributed by atoms with Crippen molar-refractivity contribution in [1.29, 1.82) is 0 Å². The monoisotopic (exact) mass is 731 g/mol. The second-order valence-corrected chi connectivity index (χ2v) is 14.4. The number of fused-ring (bicyclic) bond motifs is 3. The van der Waals surface area contributed by atoms with Crippen LogP contribution in [0.25, 0.3) is 0 Å². The number of ether oxygens (including phenoxy) is 5. The van der Waals surface area contributed by atoms with Gasteiger partial charge >= 0.3 is 0 Å². The molecule has 15 nitrogen and oxygen atoms in total. The molecule has 5 rings (SSSR count). The van der Waals surface area contributed by atoms with Gasteiger partial charge in [-0.1, -0.05) is 12.1 Å². The predicted octanol–water partition coefficient (Wildman–Crippen LogP) is 2.13. The molecule has 15 heteroatoms. The molecular weight excluding hydrogens is 682 g/mol. The summed E-state index contributed by atoms with van der Waals surface area (Å²) in [5.74, 6) is -6.12.